The van der Waals surface area contributed by atoms with Gasteiger partial charge in [-0.15, -0.1) is 0 Å². The van der Waals surface area contributed by atoms with E-state index in [-0.39, 0.29) is 0 Å². The fourth-order valence-electron chi connectivity index (χ4n) is 1.94. The van der Waals surface area contributed by atoms with Crippen molar-refractivity contribution in [3.8, 4) is 5.75 Å². The van der Waals surface area contributed by atoms with Crippen molar-refractivity contribution >= 4 is 10.8 Å². The van der Waals surface area contributed by atoms with Crippen LogP contribution in [-0.4, -0.2) is 33.4 Å². The van der Waals surface area contributed by atoms with E-state index in [1.165, 1.54) is 10.8 Å². The van der Waals surface area contributed by atoms with E-state index in [4.69, 9.17) is 9.47 Å². The second kappa shape index (κ2) is 7.77. The third-order valence-corrected chi connectivity index (χ3v) is 2.97. The van der Waals surface area contributed by atoms with Crippen LogP contribution in [0.4, 0.5) is 0 Å². The Morgan fingerprint density at radius 1 is 0.947 bits per heavy atom. The van der Waals surface area contributed by atoms with Gasteiger partial charge in [-0.25, -0.2) is 0 Å². The average Bonchev–Trinajstić information content (AvgIpc) is 2.46. The zero-order valence-corrected chi connectivity index (χ0v) is 11.4. The first kappa shape index (κ1) is 13.8. The van der Waals surface area contributed by atoms with Gasteiger partial charge in [0.1, 0.15) is 5.75 Å². The van der Waals surface area contributed by atoms with Gasteiger partial charge in [0.25, 0.3) is 0 Å². The van der Waals surface area contributed by atoms with Crippen molar-refractivity contribution in [2.24, 2.45) is 0 Å². The van der Waals surface area contributed by atoms with E-state index < -0.39 is 0 Å². The molecule has 2 aromatic rings. The molecule has 0 aliphatic rings. The Morgan fingerprint density at radius 2 is 1.79 bits per heavy atom. The molecule has 0 aromatic heterocycles. The summed E-state index contributed by atoms with van der Waals surface area (Å²) < 4.78 is 10.7. The minimum absolute atomic E-state index is 0.734. The highest BCUT2D eigenvalue weighted by atomic mass is 16.5. The molecule has 0 radical (unpaired) electrons. The maximum absolute atomic E-state index is 5.75. The Kier molecular flexibility index (Phi) is 5.66. The largest absolute Gasteiger partial charge is 0.494 e. The minimum atomic E-state index is 0.734. The highest BCUT2D eigenvalue weighted by Crippen LogP contribution is 2.20. The summed E-state index contributed by atoms with van der Waals surface area (Å²) in [6.45, 7) is 3.34. The summed E-state index contributed by atoms with van der Waals surface area (Å²) in [6, 6.07) is 14.5. The second-order valence-corrected chi connectivity index (χ2v) is 4.45. The summed E-state index contributed by atoms with van der Waals surface area (Å²) >= 11 is 0. The summed E-state index contributed by atoms with van der Waals surface area (Å²) in [6.07, 6.45) is 0.997. The highest BCUT2D eigenvalue weighted by molar-refractivity contribution is 5.83. The molecule has 0 aliphatic heterocycles. The zero-order chi connectivity index (χ0) is 13.3. The number of rotatable bonds is 8. The quantitative estimate of drug-likeness (QED) is 0.739. The fourth-order valence-corrected chi connectivity index (χ4v) is 1.94. The van der Waals surface area contributed by atoms with E-state index >= 15 is 0 Å². The molecule has 0 saturated carbocycles. The van der Waals surface area contributed by atoms with Gasteiger partial charge in [0, 0.05) is 13.7 Å². The third kappa shape index (κ3) is 4.54. The molecule has 3 nitrogen and oxygen atoms in total. The number of fused-ring (bicyclic) bond motifs is 1. The molecule has 0 spiro atoms. The molecule has 0 atom stereocenters. The molecule has 2 rings (SSSR count). The van der Waals surface area contributed by atoms with Gasteiger partial charge < -0.3 is 14.8 Å². The Labute approximate surface area is 114 Å². The average molecular weight is 259 g/mol. The topological polar surface area (TPSA) is 30.5 Å². The Balaban J connectivity index is 1.72. The van der Waals surface area contributed by atoms with Crippen LogP contribution in [0, 0.1) is 0 Å². The maximum Gasteiger partial charge on any atom is 0.119 e. The van der Waals surface area contributed by atoms with Gasteiger partial charge in [-0.2, -0.15) is 0 Å². The fraction of sp³-hybridized carbons (Fsp3) is 0.375. The molecular formula is C16H21NO2. The van der Waals surface area contributed by atoms with Gasteiger partial charge in [0.2, 0.25) is 0 Å². The van der Waals surface area contributed by atoms with Crippen LogP contribution in [0.2, 0.25) is 0 Å². The zero-order valence-electron chi connectivity index (χ0n) is 11.4. The number of hydrogen-bond donors (Lipinski definition) is 1. The van der Waals surface area contributed by atoms with Crippen LogP contribution in [0.25, 0.3) is 10.8 Å². The van der Waals surface area contributed by atoms with Crippen molar-refractivity contribution in [3.05, 3.63) is 42.5 Å². The van der Waals surface area contributed by atoms with Gasteiger partial charge in [0.05, 0.1) is 13.2 Å². The van der Waals surface area contributed by atoms with Crippen LogP contribution < -0.4 is 10.1 Å². The molecule has 2 aromatic carbocycles. The second-order valence-electron chi connectivity index (χ2n) is 4.45. The van der Waals surface area contributed by atoms with Crippen molar-refractivity contribution in [2.75, 3.05) is 33.4 Å². The van der Waals surface area contributed by atoms with Crippen LogP contribution in [0.3, 0.4) is 0 Å². The van der Waals surface area contributed by atoms with Gasteiger partial charge in [0.15, 0.2) is 0 Å². The standard InChI is InChI=1S/C16H21NO2/c1-18-12-10-17-9-4-11-19-16-8-7-14-5-2-3-6-15(14)13-16/h2-3,5-8,13,17H,4,9-12H2,1H3. The lowest BCUT2D eigenvalue weighted by molar-refractivity contribution is 0.198. The van der Waals surface area contributed by atoms with Gasteiger partial charge in [-0.05, 0) is 35.9 Å². The summed E-state index contributed by atoms with van der Waals surface area (Å²) in [5.41, 5.74) is 0. The van der Waals surface area contributed by atoms with E-state index in [9.17, 15) is 0 Å². The minimum Gasteiger partial charge on any atom is -0.494 e. The number of hydrogen-bond acceptors (Lipinski definition) is 3. The summed E-state index contributed by atoms with van der Waals surface area (Å²) in [7, 11) is 1.71. The number of methoxy groups -OCH3 is 1. The van der Waals surface area contributed by atoms with Crippen LogP contribution in [0.5, 0.6) is 5.75 Å². The van der Waals surface area contributed by atoms with Crippen LogP contribution in [0.15, 0.2) is 42.5 Å². The third-order valence-electron chi connectivity index (χ3n) is 2.97. The number of benzene rings is 2. The maximum atomic E-state index is 5.75. The summed E-state index contributed by atoms with van der Waals surface area (Å²) in [4.78, 5) is 0. The molecule has 0 unspecified atom stereocenters. The van der Waals surface area contributed by atoms with Crippen molar-refractivity contribution in [1.29, 1.82) is 0 Å². The van der Waals surface area contributed by atoms with Gasteiger partial charge >= 0.3 is 0 Å². The summed E-state index contributed by atoms with van der Waals surface area (Å²) in [5.74, 6) is 0.940. The van der Waals surface area contributed by atoms with Crippen molar-refractivity contribution in [2.45, 2.75) is 6.42 Å². The molecule has 0 fully saturated rings. The first-order valence-corrected chi connectivity index (χ1v) is 6.71. The normalized spacial score (nSPS) is 10.8. The summed E-state index contributed by atoms with van der Waals surface area (Å²) in [5, 5.41) is 5.76. The monoisotopic (exact) mass is 259 g/mol. The molecule has 102 valence electrons. The first-order chi connectivity index (χ1) is 9.40. The SMILES string of the molecule is COCCNCCCOc1ccc2ccccc2c1. The molecule has 3 heteroatoms. The first-order valence-electron chi connectivity index (χ1n) is 6.71. The Bertz CT molecular complexity index is 499. The van der Waals surface area contributed by atoms with Crippen molar-refractivity contribution in [3.63, 3.8) is 0 Å². The molecule has 0 amide bonds. The molecule has 0 saturated heterocycles. The lowest BCUT2D eigenvalue weighted by Crippen LogP contribution is -2.21. The highest BCUT2D eigenvalue weighted by Gasteiger charge is 1.97. The van der Waals surface area contributed by atoms with Crippen LogP contribution in [0.1, 0.15) is 6.42 Å². The van der Waals surface area contributed by atoms with Crippen LogP contribution in [-0.2, 0) is 4.74 Å². The number of nitrogens with one attached hydrogen (secondary N) is 1. The van der Waals surface area contributed by atoms with Crippen LogP contribution >= 0.6 is 0 Å². The lowest BCUT2D eigenvalue weighted by Gasteiger charge is -2.08. The van der Waals surface area contributed by atoms with E-state index in [1.54, 1.807) is 7.11 Å². The number of ether oxygens (including phenoxy) is 2. The lowest BCUT2D eigenvalue weighted by atomic mass is 10.1. The molecule has 1 N–H and O–H groups in total. The molecule has 19 heavy (non-hydrogen) atoms. The van der Waals surface area contributed by atoms with E-state index in [1.807, 2.05) is 12.1 Å². The van der Waals surface area contributed by atoms with Gasteiger partial charge in [-0.1, -0.05) is 30.3 Å². The Hall–Kier alpha value is -1.58. The smallest absolute Gasteiger partial charge is 0.119 e. The van der Waals surface area contributed by atoms with E-state index in [0.29, 0.717) is 0 Å². The van der Waals surface area contributed by atoms with E-state index in [2.05, 4.69) is 35.6 Å². The van der Waals surface area contributed by atoms with Crippen molar-refractivity contribution < 1.29 is 9.47 Å². The predicted molar refractivity (Wildman–Crippen MR) is 78.8 cm³/mol. The van der Waals surface area contributed by atoms with Crippen molar-refractivity contribution in [1.82, 2.24) is 5.32 Å². The molecule has 0 aliphatic carbocycles. The molecular weight excluding hydrogens is 238 g/mol. The van der Waals surface area contributed by atoms with Gasteiger partial charge in [-0.3, -0.25) is 0 Å². The predicted octanol–water partition coefficient (Wildman–Crippen LogP) is 2.84. The molecule has 0 bridgehead atoms. The van der Waals surface area contributed by atoms with E-state index in [0.717, 1.165) is 38.5 Å². The Morgan fingerprint density at radius 3 is 2.63 bits per heavy atom. The molecule has 0 heterocycles.